The summed E-state index contributed by atoms with van der Waals surface area (Å²) in [6.07, 6.45) is 0.360. The molecule has 0 saturated carbocycles. The Hall–Kier alpha value is -1.10. The summed E-state index contributed by atoms with van der Waals surface area (Å²) in [5, 5.41) is 0.703. The zero-order valence-electron chi connectivity index (χ0n) is 11.7. The molecule has 20 heavy (non-hydrogen) atoms. The van der Waals surface area contributed by atoms with E-state index in [1.54, 1.807) is 0 Å². The summed E-state index contributed by atoms with van der Waals surface area (Å²) in [6, 6.07) is 7.58. The van der Waals surface area contributed by atoms with Crippen LogP contribution < -0.4 is 0 Å². The smallest absolute Gasteiger partial charge is 0.225 e. The van der Waals surface area contributed by atoms with Crippen LogP contribution in [0.2, 0.25) is 5.02 Å². The first-order valence-electron chi connectivity index (χ1n) is 6.93. The van der Waals surface area contributed by atoms with Crippen molar-refractivity contribution in [2.75, 3.05) is 32.9 Å². The van der Waals surface area contributed by atoms with Crippen molar-refractivity contribution in [3.63, 3.8) is 0 Å². The summed E-state index contributed by atoms with van der Waals surface area (Å²) in [5.41, 5.74) is 1.05. The Labute approximate surface area is 124 Å². The average molecular weight is 298 g/mol. The Balaban J connectivity index is 1.91. The van der Waals surface area contributed by atoms with Gasteiger partial charge >= 0.3 is 0 Å². The van der Waals surface area contributed by atoms with Crippen molar-refractivity contribution in [3.05, 3.63) is 34.9 Å². The normalized spacial score (nSPS) is 19.1. The van der Waals surface area contributed by atoms with E-state index in [0.29, 0.717) is 44.4 Å². The van der Waals surface area contributed by atoms with Gasteiger partial charge in [0.15, 0.2) is 0 Å². The van der Waals surface area contributed by atoms with E-state index in [1.807, 2.05) is 36.1 Å². The highest BCUT2D eigenvalue weighted by molar-refractivity contribution is 6.30. The highest BCUT2D eigenvalue weighted by Crippen LogP contribution is 2.23. The highest BCUT2D eigenvalue weighted by atomic mass is 35.5. The van der Waals surface area contributed by atoms with Crippen LogP contribution in [0.5, 0.6) is 0 Å². The quantitative estimate of drug-likeness (QED) is 0.784. The van der Waals surface area contributed by atoms with Crippen LogP contribution in [0.25, 0.3) is 0 Å². The molecule has 0 spiro atoms. The maximum absolute atomic E-state index is 12.1. The van der Waals surface area contributed by atoms with E-state index in [1.165, 1.54) is 0 Å². The fraction of sp³-hybridized carbons (Fsp3) is 0.533. The summed E-state index contributed by atoms with van der Waals surface area (Å²) in [4.78, 5) is 13.9. The molecule has 0 N–H and O–H groups in total. The van der Waals surface area contributed by atoms with Crippen LogP contribution in [0.4, 0.5) is 0 Å². The number of amides is 1. The van der Waals surface area contributed by atoms with Gasteiger partial charge in [-0.05, 0) is 24.6 Å². The Morgan fingerprint density at radius 2 is 2.20 bits per heavy atom. The van der Waals surface area contributed by atoms with Gasteiger partial charge in [0.05, 0.1) is 26.2 Å². The third-order valence-corrected chi connectivity index (χ3v) is 3.58. The van der Waals surface area contributed by atoms with Crippen molar-refractivity contribution in [1.29, 1.82) is 0 Å². The lowest BCUT2D eigenvalue weighted by atomic mass is 10.1. The Morgan fingerprint density at radius 3 is 2.90 bits per heavy atom. The molecular formula is C15H20ClNO3. The molecular weight excluding hydrogens is 278 g/mol. The predicted molar refractivity (Wildman–Crippen MR) is 77.8 cm³/mol. The minimum absolute atomic E-state index is 0.0722. The van der Waals surface area contributed by atoms with Gasteiger partial charge < -0.3 is 14.4 Å². The molecule has 4 nitrogen and oxygen atoms in total. The maximum atomic E-state index is 12.1. The molecule has 1 amide bonds. The zero-order chi connectivity index (χ0) is 14.4. The summed E-state index contributed by atoms with van der Waals surface area (Å²) >= 11 is 5.88. The second-order valence-corrected chi connectivity index (χ2v) is 5.13. The predicted octanol–water partition coefficient (Wildman–Crippen LogP) is 2.67. The number of carbonyl (C=O) groups excluding carboxylic acids is 1. The minimum Gasteiger partial charge on any atom is -0.381 e. The molecule has 1 aliphatic heterocycles. The van der Waals surface area contributed by atoms with Crippen LogP contribution in [0, 0.1) is 0 Å². The van der Waals surface area contributed by atoms with Gasteiger partial charge in [-0.3, -0.25) is 4.79 Å². The van der Waals surface area contributed by atoms with Gasteiger partial charge in [-0.2, -0.15) is 0 Å². The van der Waals surface area contributed by atoms with Crippen molar-refractivity contribution in [2.24, 2.45) is 0 Å². The number of hydrogen-bond donors (Lipinski definition) is 0. The Kier molecular flexibility index (Phi) is 5.83. The number of morpholine rings is 1. The van der Waals surface area contributed by atoms with Gasteiger partial charge in [-0.15, -0.1) is 0 Å². The van der Waals surface area contributed by atoms with Crippen molar-refractivity contribution in [1.82, 2.24) is 4.90 Å². The van der Waals surface area contributed by atoms with E-state index in [0.717, 1.165) is 5.56 Å². The third-order valence-electron chi connectivity index (χ3n) is 3.33. The monoisotopic (exact) mass is 297 g/mol. The molecule has 1 unspecified atom stereocenters. The van der Waals surface area contributed by atoms with E-state index in [9.17, 15) is 4.79 Å². The van der Waals surface area contributed by atoms with Crippen molar-refractivity contribution < 1.29 is 14.3 Å². The molecule has 1 aromatic carbocycles. The number of nitrogens with zero attached hydrogens (tertiary/aromatic N) is 1. The molecule has 0 aliphatic carbocycles. The van der Waals surface area contributed by atoms with E-state index in [4.69, 9.17) is 21.1 Å². The summed E-state index contributed by atoms with van der Waals surface area (Å²) in [7, 11) is 0. The van der Waals surface area contributed by atoms with Gasteiger partial charge in [0.25, 0.3) is 0 Å². The Morgan fingerprint density at radius 1 is 1.45 bits per heavy atom. The Bertz CT molecular complexity index is 435. The van der Waals surface area contributed by atoms with E-state index in [-0.39, 0.29) is 12.0 Å². The fourth-order valence-corrected chi connectivity index (χ4v) is 2.34. The second-order valence-electron chi connectivity index (χ2n) is 4.70. The summed E-state index contributed by atoms with van der Waals surface area (Å²) < 4.78 is 11.0. The minimum atomic E-state index is -0.0722. The van der Waals surface area contributed by atoms with Gasteiger partial charge in [0, 0.05) is 18.2 Å². The molecule has 0 bridgehead atoms. The average Bonchev–Trinajstić information content (AvgIpc) is 2.48. The topological polar surface area (TPSA) is 38.8 Å². The first kappa shape index (κ1) is 15.3. The molecule has 110 valence electrons. The maximum Gasteiger partial charge on any atom is 0.225 e. The van der Waals surface area contributed by atoms with Gasteiger partial charge in [0.2, 0.25) is 5.91 Å². The molecule has 1 aromatic rings. The molecule has 2 rings (SSSR count). The number of benzene rings is 1. The fourth-order valence-electron chi connectivity index (χ4n) is 2.22. The van der Waals surface area contributed by atoms with Crippen molar-refractivity contribution in [2.45, 2.75) is 19.4 Å². The third kappa shape index (κ3) is 4.20. The number of ether oxygens (including phenoxy) is 2. The molecule has 0 radical (unpaired) electrons. The zero-order valence-corrected chi connectivity index (χ0v) is 12.4. The summed E-state index contributed by atoms with van der Waals surface area (Å²) in [5.74, 6) is 0.126. The van der Waals surface area contributed by atoms with Crippen molar-refractivity contribution >= 4 is 17.5 Å². The van der Waals surface area contributed by atoms with Gasteiger partial charge in [-0.1, -0.05) is 23.7 Å². The second kappa shape index (κ2) is 7.62. The van der Waals surface area contributed by atoms with Crippen LogP contribution in [0.15, 0.2) is 24.3 Å². The summed E-state index contributed by atoms with van der Waals surface area (Å²) in [6.45, 7) is 4.85. The molecule has 1 fully saturated rings. The first-order valence-corrected chi connectivity index (χ1v) is 7.31. The number of carbonyl (C=O) groups is 1. The van der Waals surface area contributed by atoms with E-state index in [2.05, 4.69) is 0 Å². The standard InChI is InChI=1S/C15H20ClNO3/c1-2-19-9-7-15(18)17-8-10-20-14(11-17)12-3-5-13(16)6-4-12/h3-6,14H,2,7-11H2,1H3. The van der Waals surface area contributed by atoms with Gasteiger partial charge in [0.1, 0.15) is 6.10 Å². The lowest BCUT2D eigenvalue weighted by Crippen LogP contribution is -2.42. The number of halogens is 1. The lowest BCUT2D eigenvalue weighted by molar-refractivity contribution is -0.140. The van der Waals surface area contributed by atoms with Crippen LogP contribution in [-0.2, 0) is 14.3 Å². The number of rotatable bonds is 5. The molecule has 1 heterocycles. The highest BCUT2D eigenvalue weighted by Gasteiger charge is 2.24. The van der Waals surface area contributed by atoms with Gasteiger partial charge in [-0.25, -0.2) is 0 Å². The molecule has 1 aliphatic rings. The lowest BCUT2D eigenvalue weighted by Gasteiger charge is -2.33. The molecule has 1 saturated heterocycles. The molecule has 1 atom stereocenters. The largest absolute Gasteiger partial charge is 0.381 e. The van der Waals surface area contributed by atoms with E-state index < -0.39 is 0 Å². The van der Waals surface area contributed by atoms with Crippen LogP contribution in [-0.4, -0.2) is 43.7 Å². The van der Waals surface area contributed by atoms with Crippen LogP contribution in [0.3, 0.4) is 0 Å². The van der Waals surface area contributed by atoms with E-state index >= 15 is 0 Å². The molecule has 5 heteroatoms. The number of hydrogen-bond acceptors (Lipinski definition) is 3. The molecule has 0 aromatic heterocycles. The first-order chi connectivity index (χ1) is 9.70. The SMILES string of the molecule is CCOCCC(=O)N1CCOC(c2ccc(Cl)cc2)C1. The van der Waals surface area contributed by atoms with Crippen molar-refractivity contribution in [3.8, 4) is 0 Å². The van der Waals surface area contributed by atoms with Crippen LogP contribution in [0.1, 0.15) is 25.0 Å². The van der Waals surface area contributed by atoms with Crippen LogP contribution >= 0.6 is 11.6 Å².